The monoisotopic (exact) mass is 474 g/mol. The maximum Gasteiger partial charge on any atom is 0.244 e. The molecule has 0 amide bonds. The zero-order valence-corrected chi connectivity index (χ0v) is 19.0. The molecule has 10 heteroatoms. The van der Waals surface area contributed by atoms with E-state index in [0.29, 0.717) is 40.9 Å². The fourth-order valence-corrected chi connectivity index (χ4v) is 5.19. The van der Waals surface area contributed by atoms with Crippen molar-refractivity contribution >= 4 is 17.6 Å². The van der Waals surface area contributed by atoms with E-state index in [1.807, 2.05) is 24.4 Å². The Kier molecular flexibility index (Phi) is 5.10. The van der Waals surface area contributed by atoms with Crippen molar-refractivity contribution in [2.24, 2.45) is 0 Å². The third-order valence-corrected chi connectivity index (χ3v) is 6.92. The van der Waals surface area contributed by atoms with Crippen molar-refractivity contribution in [3.05, 3.63) is 66.0 Å². The van der Waals surface area contributed by atoms with E-state index < -0.39 is 5.95 Å². The molecular weight excluding hydrogens is 451 g/mol. The Balaban J connectivity index is 1.19. The number of piperazine rings is 1. The number of carbonyl (C=O) groups is 1. The summed E-state index contributed by atoms with van der Waals surface area (Å²) in [4.78, 5) is 25.2. The predicted octanol–water partition coefficient (Wildman–Crippen LogP) is 2.92. The van der Waals surface area contributed by atoms with E-state index in [2.05, 4.69) is 30.9 Å². The summed E-state index contributed by atoms with van der Waals surface area (Å²) in [5.41, 5.74) is 2.47. The number of halogens is 1. The molecule has 3 fully saturated rings. The van der Waals surface area contributed by atoms with Gasteiger partial charge >= 0.3 is 0 Å². The third kappa shape index (κ3) is 3.66. The first-order valence-corrected chi connectivity index (χ1v) is 11.4. The molecule has 1 N–H and O–H groups in total. The van der Waals surface area contributed by atoms with Crippen LogP contribution in [0.15, 0.2) is 48.9 Å². The van der Waals surface area contributed by atoms with Gasteiger partial charge in [0.2, 0.25) is 11.8 Å². The molecule has 0 spiro atoms. The molecular formula is C25H23FN6O3. The SMILES string of the molecule is COc1ccc(CN2C3CC2CN(c2ccc(-c4cc(O)cn5nc(F)c(C=O)c45)cn2)C3)cn1. The normalized spacial score (nSPS) is 19.5. The predicted molar refractivity (Wildman–Crippen MR) is 126 cm³/mol. The summed E-state index contributed by atoms with van der Waals surface area (Å²) < 4.78 is 20.4. The standard InChI is InChI=1S/C25H23FN6O3/c1-35-23-5-2-15(8-28-23)10-31-17-6-18(31)12-30(11-17)22-4-3-16(9-27-22)20-7-19(34)13-32-24(20)21(14-33)25(26)29-32/h2-5,7-9,13-14,17-18,34H,6,10-12H2,1H3. The highest BCUT2D eigenvalue weighted by atomic mass is 19.1. The number of aromatic nitrogens is 4. The van der Waals surface area contributed by atoms with Gasteiger partial charge in [0, 0.05) is 61.3 Å². The maximum atomic E-state index is 14.1. The number of nitrogens with zero attached hydrogens (tertiary/aromatic N) is 6. The van der Waals surface area contributed by atoms with E-state index in [1.165, 1.54) is 28.8 Å². The number of anilines is 1. The summed E-state index contributed by atoms with van der Waals surface area (Å²) in [6, 6.07) is 10.1. The molecule has 7 rings (SSSR count). The maximum absolute atomic E-state index is 14.1. The van der Waals surface area contributed by atoms with Gasteiger partial charge in [0.1, 0.15) is 11.6 Å². The van der Waals surface area contributed by atoms with Gasteiger partial charge in [-0.25, -0.2) is 14.5 Å². The van der Waals surface area contributed by atoms with E-state index >= 15 is 0 Å². The van der Waals surface area contributed by atoms with Gasteiger partial charge < -0.3 is 14.7 Å². The number of fused-ring (bicyclic) bond motifs is 3. The van der Waals surface area contributed by atoms with Gasteiger partial charge in [-0.15, -0.1) is 5.10 Å². The lowest BCUT2D eigenvalue weighted by Crippen LogP contribution is -2.68. The number of rotatable bonds is 6. The van der Waals surface area contributed by atoms with Crippen LogP contribution in [0.4, 0.5) is 10.2 Å². The van der Waals surface area contributed by atoms with E-state index in [-0.39, 0.29) is 11.3 Å². The average Bonchev–Trinajstić information content (AvgIpc) is 3.21. The number of hydrogen-bond donors (Lipinski definition) is 1. The summed E-state index contributed by atoms with van der Waals surface area (Å²) in [5.74, 6) is 0.518. The number of methoxy groups -OCH3 is 1. The highest BCUT2D eigenvalue weighted by molar-refractivity contribution is 5.95. The fourth-order valence-electron chi connectivity index (χ4n) is 5.19. The summed E-state index contributed by atoms with van der Waals surface area (Å²) in [7, 11) is 1.61. The third-order valence-electron chi connectivity index (χ3n) is 6.92. The molecule has 2 unspecified atom stereocenters. The van der Waals surface area contributed by atoms with Crippen LogP contribution in [0.25, 0.3) is 16.6 Å². The molecule has 7 heterocycles. The zero-order chi connectivity index (χ0) is 24.1. The molecule has 35 heavy (non-hydrogen) atoms. The Morgan fingerprint density at radius 2 is 2.00 bits per heavy atom. The summed E-state index contributed by atoms with van der Waals surface area (Å²) in [6.07, 6.45) is 6.43. The van der Waals surface area contributed by atoms with E-state index in [4.69, 9.17) is 4.74 Å². The Bertz CT molecular complexity index is 1390. The minimum atomic E-state index is -0.876. The molecule has 2 atom stereocenters. The van der Waals surface area contributed by atoms with Crippen LogP contribution >= 0.6 is 0 Å². The topological polar surface area (TPSA) is 96.1 Å². The minimum absolute atomic E-state index is 0.0835. The highest BCUT2D eigenvalue weighted by Gasteiger charge is 2.44. The van der Waals surface area contributed by atoms with Crippen LogP contribution in [-0.2, 0) is 6.54 Å². The number of pyridine rings is 3. The van der Waals surface area contributed by atoms with E-state index in [1.54, 1.807) is 13.3 Å². The summed E-state index contributed by atoms with van der Waals surface area (Å²) >= 11 is 0. The van der Waals surface area contributed by atoms with E-state index in [0.717, 1.165) is 25.5 Å². The largest absolute Gasteiger partial charge is 0.506 e. The lowest BCUT2D eigenvalue weighted by molar-refractivity contribution is -0.00876. The average molecular weight is 474 g/mol. The molecule has 0 radical (unpaired) electrons. The van der Waals surface area contributed by atoms with Gasteiger partial charge in [-0.05, 0) is 30.2 Å². The Morgan fingerprint density at radius 3 is 2.66 bits per heavy atom. The van der Waals surface area contributed by atoms with Crippen molar-refractivity contribution in [3.63, 3.8) is 0 Å². The van der Waals surface area contributed by atoms with Crippen LogP contribution in [0, 0.1) is 5.95 Å². The van der Waals surface area contributed by atoms with Gasteiger partial charge in [-0.1, -0.05) is 6.07 Å². The molecule has 0 aliphatic carbocycles. The summed E-state index contributed by atoms with van der Waals surface area (Å²) in [6.45, 7) is 2.62. The molecule has 0 saturated carbocycles. The summed E-state index contributed by atoms with van der Waals surface area (Å²) in [5, 5.41) is 13.8. The van der Waals surface area contributed by atoms with Crippen molar-refractivity contribution in [2.75, 3.05) is 25.1 Å². The van der Waals surface area contributed by atoms with Crippen LogP contribution in [0.1, 0.15) is 22.3 Å². The molecule has 4 aromatic rings. The minimum Gasteiger partial charge on any atom is -0.506 e. The van der Waals surface area contributed by atoms with Crippen LogP contribution < -0.4 is 9.64 Å². The lowest BCUT2D eigenvalue weighted by Gasteiger charge is -2.56. The molecule has 3 aliphatic heterocycles. The number of hydrogen-bond acceptors (Lipinski definition) is 8. The first kappa shape index (κ1) is 21.5. The van der Waals surface area contributed by atoms with Gasteiger partial charge in [-0.3, -0.25) is 9.69 Å². The first-order chi connectivity index (χ1) is 17.0. The number of ether oxygens (including phenoxy) is 1. The molecule has 2 bridgehead atoms. The molecule has 0 aromatic carbocycles. The zero-order valence-electron chi connectivity index (χ0n) is 19.0. The van der Waals surface area contributed by atoms with Crippen LogP contribution in [0.2, 0.25) is 0 Å². The lowest BCUT2D eigenvalue weighted by atomic mass is 9.87. The highest BCUT2D eigenvalue weighted by Crippen LogP contribution is 2.36. The van der Waals surface area contributed by atoms with Gasteiger partial charge in [0.05, 0.1) is 24.4 Å². The van der Waals surface area contributed by atoms with Crippen molar-refractivity contribution in [2.45, 2.75) is 25.0 Å². The fraction of sp³-hybridized carbons (Fsp3) is 0.280. The molecule has 9 nitrogen and oxygen atoms in total. The van der Waals surface area contributed by atoms with Crippen molar-refractivity contribution in [1.82, 2.24) is 24.5 Å². The van der Waals surface area contributed by atoms with Gasteiger partial charge in [0.15, 0.2) is 6.29 Å². The van der Waals surface area contributed by atoms with Crippen LogP contribution in [-0.4, -0.2) is 68.2 Å². The number of piperidine rings is 1. The second-order valence-corrected chi connectivity index (χ2v) is 8.96. The van der Waals surface area contributed by atoms with Crippen molar-refractivity contribution in [1.29, 1.82) is 0 Å². The quantitative estimate of drug-likeness (QED) is 0.426. The Labute approximate surface area is 200 Å². The first-order valence-electron chi connectivity index (χ1n) is 11.4. The van der Waals surface area contributed by atoms with Crippen LogP contribution in [0.5, 0.6) is 11.6 Å². The van der Waals surface area contributed by atoms with Crippen molar-refractivity contribution < 1.29 is 19.0 Å². The molecule has 4 aromatic heterocycles. The molecule has 3 saturated heterocycles. The second kappa shape index (κ2) is 8.31. The second-order valence-electron chi connectivity index (χ2n) is 8.96. The van der Waals surface area contributed by atoms with Gasteiger partial charge in [0.25, 0.3) is 0 Å². The molecule has 3 aliphatic rings. The van der Waals surface area contributed by atoms with Crippen molar-refractivity contribution in [3.8, 4) is 22.8 Å². The Morgan fingerprint density at radius 1 is 1.17 bits per heavy atom. The Hall–Kier alpha value is -4.05. The number of aromatic hydroxyl groups is 1. The number of carbonyl (C=O) groups excluding carboxylic acids is 1. The van der Waals surface area contributed by atoms with E-state index in [9.17, 15) is 14.3 Å². The smallest absolute Gasteiger partial charge is 0.244 e. The van der Waals surface area contributed by atoms with Gasteiger partial charge in [-0.2, -0.15) is 4.39 Å². The van der Waals surface area contributed by atoms with Crippen LogP contribution in [0.3, 0.4) is 0 Å². The molecule has 178 valence electrons. The number of aldehydes is 1.